The van der Waals surface area contributed by atoms with E-state index in [9.17, 15) is 9.90 Å². The predicted octanol–water partition coefficient (Wildman–Crippen LogP) is 4.12. The van der Waals surface area contributed by atoms with Gasteiger partial charge < -0.3 is 5.11 Å². The van der Waals surface area contributed by atoms with Gasteiger partial charge >= 0.3 is 0 Å². The first-order chi connectivity index (χ1) is 10.1. The quantitative estimate of drug-likeness (QED) is 0.652. The Balaban J connectivity index is 2.51. The zero-order valence-corrected chi connectivity index (χ0v) is 12.4. The normalized spacial score (nSPS) is 18.8. The second kappa shape index (κ2) is 6.44. The Morgan fingerprint density at radius 2 is 2.29 bits per heavy atom. The van der Waals surface area contributed by atoms with Gasteiger partial charge in [0.1, 0.15) is 0 Å². The number of nitrogens with zero attached hydrogens (tertiary/aromatic N) is 1. The van der Waals surface area contributed by atoms with Gasteiger partial charge in [-0.2, -0.15) is 0 Å². The minimum atomic E-state index is -0.0150. The van der Waals surface area contributed by atoms with Crippen LogP contribution in [0.15, 0.2) is 49.6 Å². The minimum Gasteiger partial charge on any atom is -0.494 e. The number of carbonyl (C=O) groups is 1. The third-order valence-electron chi connectivity index (χ3n) is 3.78. The van der Waals surface area contributed by atoms with Crippen LogP contribution >= 0.6 is 0 Å². The molecule has 2 rings (SSSR count). The average Bonchev–Trinajstić information content (AvgIpc) is 2.79. The number of rotatable bonds is 5. The molecule has 0 bridgehead atoms. The molecule has 21 heavy (non-hydrogen) atoms. The first-order valence-corrected chi connectivity index (χ1v) is 7.18. The van der Waals surface area contributed by atoms with Crippen molar-refractivity contribution in [2.75, 3.05) is 0 Å². The molecule has 1 aliphatic carbocycles. The molecule has 0 aromatic carbocycles. The molecular weight excluding hydrogens is 262 g/mol. The fraction of sp³-hybridized carbons (Fsp3) is 0.278. The summed E-state index contributed by atoms with van der Waals surface area (Å²) >= 11 is 0. The van der Waals surface area contributed by atoms with Crippen molar-refractivity contribution in [1.82, 2.24) is 4.57 Å². The van der Waals surface area contributed by atoms with Crippen molar-refractivity contribution in [3.8, 4) is 5.88 Å². The zero-order chi connectivity index (χ0) is 15.4. The van der Waals surface area contributed by atoms with Gasteiger partial charge in [0.05, 0.1) is 0 Å². The van der Waals surface area contributed by atoms with E-state index in [1.54, 1.807) is 22.8 Å². The first-order valence-electron chi connectivity index (χ1n) is 7.18. The number of ketones is 1. The lowest BCUT2D eigenvalue weighted by atomic mass is 9.84. The van der Waals surface area contributed by atoms with E-state index in [1.807, 2.05) is 25.2 Å². The molecule has 0 aliphatic heterocycles. The Bertz CT molecular complexity index is 632. The van der Waals surface area contributed by atoms with Gasteiger partial charge in [0.25, 0.3) is 0 Å². The van der Waals surface area contributed by atoms with Crippen LogP contribution in [-0.4, -0.2) is 15.5 Å². The SMILES string of the molecule is C=C/C=C(\C=C/C)n1c(O)cc2c1CCC(CC=C)C2=O. The summed E-state index contributed by atoms with van der Waals surface area (Å²) in [4.78, 5) is 12.5. The molecule has 1 heterocycles. The molecule has 1 unspecified atom stereocenters. The van der Waals surface area contributed by atoms with E-state index < -0.39 is 0 Å². The van der Waals surface area contributed by atoms with Gasteiger partial charge in [-0.1, -0.05) is 24.8 Å². The van der Waals surface area contributed by atoms with Crippen LogP contribution in [0.3, 0.4) is 0 Å². The van der Waals surface area contributed by atoms with Crippen molar-refractivity contribution in [3.63, 3.8) is 0 Å². The molecule has 0 saturated carbocycles. The summed E-state index contributed by atoms with van der Waals surface area (Å²) in [5.74, 6) is 0.182. The van der Waals surface area contributed by atoms with E-state index in [0.717, 1.165) is 24.2 Å². The van der Waals surface area contributed by atoms with Crippen molar-refractivity contribution >= 4 is 11.5 Å². The summed E-state index contributed by atoms with van der Waals surface area (Å²) in [5.41, 5.74) is 2.32. The number of aromatic hydroxyl groups is 1. The van der Waals surface area contributed by atoms with Crippen molar-refractivity contribution in [2.45, 2.75) is 26.2 Å². The van der Waals surface area contributed by atoms with E-state index in [4.69, 9.17) is 0 Å². The molecule has 0 fully saturated rings. The number of hydrogen-bond acceptors (Lipinski definition) is 2. The maximum Gasteiger partial charge on any atom is 0.196 e. The van der Waals surface area contributed by atoms with E-state index >= 15 is 0 Å². The van der Waals surface area contributed by atoms with E-state index in [-0.39, 0.29) is 17.6 Å². The number of aromatic nitrogens is 1. The first kappa shape index (κ1) is 15.1. The Kier molecular flexibility index (Phi) is 4.63. The van der Waals surface area contributed by atoms with Crippen LogP contribution in [0.25, 0.3) is 5.70 Å². The second-order valence-corrected chi connectivity index (χ2v) is 5.15. The Morgan fingerprint density at radius 1 is 1.52 bits per heavy atom. The summed E-state index contributed by atoms with van der Waals surface area (Å²) < 4.78 is 1.74. The van der Waals surface area contributed by atoms with Crippen LogP contribution in [0.5, 0.6) is 5.88 Å². The molecule has 1 aromatic rings. The Morgan fingerprint density at radius 3 is 2.90 bits per heavy atom. The van der Waals surface area contributed by atoms with E-state index in [2.05, 4.69) is 13.2 Å². The molecule has 0 saturated heterocycles. The van der Waals surface area contributed by atoms with E-state index in [0.29, 0.717) is 12.0 Å². The molecule has 1 N–H and O–H groups in total. The predicted molar refractivity (Wildman–Crippen MR) is 86.3 cm³/mol. The van der Waals surface area contributed by atoms with Gasteiger partial charge in [-0.25, -0.2) is 0 Å². The zero-order valence-electron chi connectivity index (χ0n) is 12.4. The standard InChI is InChI=1S/C18H21NO2/c1-4-7-13-10-11-16-15(18(13)21)12-17(20)19(16)14(8-5-2)9-6-3/h4-6,8-9,12-13,20H,1-2,7,10-11H2,3H3/b9-6-,14-8+. The smallest absolute Gasteiger partial charge is 0.196 e. The molecule has 0 radical (unpaired) electrons. The van der Waals surface area contributed by atoms with Gasteiger partial charge in [0, 0.05) is 28.9 Å². The molecular formula is C18H21NO2. The fourth-order valence-corrected chi connectivity index (χ4v) is 2.87. The molecule has 1 aromatic heterocycles. The van der Waals surface area contributed by atoms with Crippen LogP contribution in [0.2, 0.25) is 0 Å². The topological polar surface area (TPSA) is 42.2 Å². The number of hydrogen-bond donors (Lipinski definition) is 1. The number of fused-ring (bicyclic) bond motifs is 1. The molecule has 0 spiro atoms. The number of carbonyl (C=O) groups excluding carboxylic acids is 1. The van der Waals surface area contributed by atoms with Gasteiger partial charge in [0.15, 0.2) is 11.7 Å². The van der Waals surface area contributed by atoms with Gasteiger partial charge in [-0.05, 0) is 38.3 Å². The van der Waals surface area contributed by atoms with Crippen molar-refractivity contribution < 1.29 is 9.90 Å². The fourth-order valence-electron chi connectivity index (χ4n) is 2.87. The highest BCUT2D eigenvalue weighted by Crippen LogP contribution is 2.35. The van der Waals surface area contributed by atoms with Crippen LogP contribution in [0.1, 0.15) is 35.8 Å². The molecule has 1 atom stereocenters. The highest BCUT2D eigenvalue weighted by Gasteiger charge is 2.31. The molecule has 3 nitrogen and oxygen atoms in total. The third kappa shape index (κ3) is 2.77. The van der Waals surface area contributed by atoms with Crippen molar-refractivity contribution in [3.05, 3.63) is 60.9 Å². The molecule has 3 heteroatoms. The number of Topliss-reactive ketones (excluding diaryl/α,β-unsaturated/α-hetero) is 1. The highest BCUT2D eigenvalue weighted by atomic mass is 16.3. The largest absolute Gasteiger partial charge is 0.494 e. The molecule has 1 aliphatic rings. The Labute approximate surface area is 125 Å². The Hall–Kier alpha value is -2.29. The van der Waals surface area contributed by atoms with Crippen molar-refractivity contribution in [1.29, 1.82) is 0 Å². The summed E-state index contributed by atoms with van der Waals surface area (Å²) in [6.45, 7) is 9.32. The lowest BCUT2D eigenvalue weighted by Crippen LogP contribution is -2.22. The maximum atomic E-state index is 12.5. The minimum absolute atomic E-state index is 0.0150. The number of allylic oxidation sites excluding steroid dienone is 6. The van der Waals surface area contributed by atoms with Crippen LogP contribution in [0, 0.1) is 5.92 Å². The molecule has 0 amide bonds. The van der Waals surface area contributed by atoms with Gasteiger partial charge in [0.2, 0.25) is 0 Å². The second-order valence-electron chi connectivity index (χ2n) is 5.15. The van der Waals surface area contributed by atoms with E-state index in [1.165, 1.54) is 0 Å². The summed E-state index contributed by atoms with van der Waals surface area (Å²) in [6, 6.07) is 1.58. The van der Waals surface area contributed by atoms with Crippen LogP contribution in [0.4, 0.5) is 0 Å². The van der Waals surface area contributed by atoms with Crippen LogP contribution in [-0.2, 0) is 6.42 Å². The maximum absolute atomic E-state index is 12.5. The molecule has 110 valence electrons. The highest BCUT2D eigenvalue weighted by molar-refractivity contribution is 6.01. The lowest BCUT2D eigenvalue weighted by molar-refractivity contribution is 0.0903. The summed E-state index contributed by atoms with van der Waals surface area (Å²) in [7, 11) is 0. The summed E-state index contributed by atoms with van der Waals surface area (Å²) in [6.07, 6.45) is 11.3. The summed E-state index contributed by atoms with van der Waals surface area (Å²) in [5, 5.41) is 10.2. The average molecular weight is 283 g/mol. The van der Waals surface area contributed by atoms with Gasteiger partial charge in [-0.3, -0.25) is 9.36 Å². The van der Waals surface area contributed by atoms with Crippen molar-refractivity contribution in [2.24, 2.45) is 5.92 Å². The van der Waals surface area contributed by atoms with Crippen LogP contribution < -0.4 is 0 Å². The third-order valence-corrected chi connectivity index (χ3v) is 3.78. The lowest BCUT2D eigenvalue weighted by Gasteiger charge is -2.21. The van der Waals surface area contributed by atoms with Gasteiger partial charge in [-0.15, -0.1) is 6.58 Å². The monoisotopic (exact) mass is 283 g/mol.